The van der Waals surface area contributed by atoms with Gasteiger partial charge in [0.05, 0.1) is 11.3 Å². The Morgan fingerprint density at radius 2 is 2.05 bits per heavy atom. The molecule has 1 aromatic rings. The predicted octanol–water partition coefficient (Wildman–Crippen LogP) is 1.57. The van der Waals surface area contributed by atoms with Gasteiger partial charge >= 0.3 is 0 Å². The first kappa shape index (κ1) is 16.4. The molecule has 3 N–H and O–H groups in total. The fourth-order valence-corrected chi connectivity index (χ4v) is 1.74. The van der Waals surface area contributed by atoms with Crippen molar-refractivity contribution in [1.82, 2.24) is 10.3 Å². The Kier molecular flexibility index (Phi) is 7.60. The maximum atomic E-state index is 11.8. The first-order valence-corrected chi connectivity index (χ1v) is 6.89. The smallest absolute Gasteiger partial charge is 0.252 e. The average Bonchev–Trinajstić information content (AvgIpc) is 2.43. The van der Waals surface area contributed by atoms with Crippen LogP contribution in [0.4, 0.5) is 5.69 Å². The number of ether oxygens (including phenoxy) is 2. The summed E-state index contributed by atoms with van der Waals surface area (Å²) in [6, 6.07) is 1.60. The Bertz CT molecular complexity index is 406. The van der Waals surface area contributed by atoms with Crippen LogP contribution in [0, 0.1) is 0 Å². The molecule has 6 nitrogen and oxygen atoms in total. The lowest BCUT2D eigenvalue weighted by molar-refractivity contribution is -0.139. The summed E-state index contributed by atoms with van der Waals surface area (Å²) in [5.74, 6) is -0.172. The van der Waals surface area contributed by atoms with Crippen molar-refractivity contribution in [3.63, 3.8) is 0 Å². The van der Waals surface area contributed by atoms with Crippen molar-refractivity contribution in [2.75, 3.05) is 25.5 Å². The van der Waals surface area contributed by atoms with Gasteiger partial charge in [0.25, 0.3) is 5.91 Å². The molecule has 0 aromatic carbocycles. The van der Waals surface area contributed by atoms with Gasteiger partial charge in [-0.05, 0) is 26.3 Å². The number of nitrogens with two attached hydrogens (primary N) is 1. The highest BCUT2D eigenvalue weighted by Gasteiger charge is 2.09. The zero-order chi connectivity index (χ0) is 14.8. The van der Waals surface area contributed by atoms with Crippen LogP contribution < -0.4 is 11.1 Å². The number of nitrogens with zero attached hydrogens (tertiary/aromatic N) is 1. The van der Waals surface area contributed by atoms with Crippen LogP contribution in [-0.4, -0.2) is 36.9 Å². The molecule has 20 heavy (non-hydrogen) atoms. The summed E-state index contributed by atoms with van der Waals surface area (Å²) in [6.07, 6.45) is 4.33. The molecule has 6 heteroatoms. The monoisotopic (exact) mass is 281 g/mol. The largest absolute Gasteiger partial charge is 0.397 e. The highest BCUT2D eigenvalue weighted by atomic mass is 16.7. The molecular weight excluding hydrogens is 258 g/mol. The van der Waals surface area contributed by atoms with Crippen molar-refractivity contribution >= 4 is 11.6 Å². The third-order valence-electron chi connectivity index (χ3n) is 2.63. The molecular formula is C14H23N3O3. The van der Waals surface area contributed by atoms with Gasteiger partial charge in [0, 0.05) is 38.6 Å². The van der Waals surface area contributed by atoms with Gasteiger partial charge in [0.2, 0.25) is 0 Å². The van der Waals surface area contributed by atoms with Crippen LogP contribution in [0.2, 0.25) is 0 Å². The number of aromatic nitrogens is 1. The fourth-order valence-electron chi connectivity index (χ4n) is 1.74. The molecule has 0 radical (unpaired) electrons. The van der Waals surface area contributed by atoms with Crippen LogP contribution in [0.25, 0.3) is 0 Å². The number of pyridine rings is 1. The molecule has 0 aliphatic heterocycles. The van der Waals surface area contributed by atoms with E-state index >= 15 is 0 Å². The minimum atomic E-state index is -0.198. The highest BCUT2D eigenvalue weighted by molar-refractivity contribution is 5.94. The highest BCUT2D eigenvalue weighted by Crippen LogP contribution is 2.05. The lowest BCUT2D eigenvalue weighted by atomic mass is 10.2. The van der Waals surface area contributed by atoms with Gasteiger partial charge in [-0.3, -0.25) is 9.78 Å². The number of anilines is 1. The van der Waals surface area contributed by atoms with E-state index in [0.29, 0.717) is 31.0 Å². The molecule has 0 saturated heterocycles. The maximum Gasteiger partial charge on any atom is 0.252 e. The van der Waals surface area contributed by atoms with Crippen LogP contribution >= 0.6 is 0 Å². The van der Waals surface area contributed by atoms with Gasteiger partial charge < -0.3 is 20.5 Å². The van der Waals surface area contributed by atoms with Crippen LogP contribution in [-0.2, 0) is 9.47 Å². The van der Waals surface area contributed by atoms with Crippen molar-refractivity contribution in [1.29, 1.82) is 0 Å². The maximum absolute atomic E-state index is 11.8. The average molecular weight is 281 g/mol. The fraction of sp³-hybridized carbons (Fsp3) is 0.571. The molecule has 0 saturated carbocycles. The lowest BCUT2D eigenvalue weighted by Crippen LogP contribution is -2.26. The van der Waals surface area contributed by atoms with Crippen LogP contribution in [0.15, 0.2) is 18.5 Å². The number of nitrogens with one attached hydrogen (secondary N) is 1. The Morgan fingerprint density at radius 3 is 2.65 bits per heavy atom. The van der Waals surface area contributed by atoms with E-state index < -0.39 is 0 Å². The topological polar surface area (TPSA) is 86.5 Å². The SMILES string of the molecule is CCOC(CCCNC(=O)c1cncc(N)c1)OCC. The molecule has 0 aliphatic carbocycles. The van der Waals surface area contributed by atoms with Crippen molar-refractivity contribution in [3.8, 4) is 0 Å². The normalized spacial score (nSPS) is 10.8. The number of rotatable bonds is 9. The van der Waals surface area contributed by atoms with Crippen LogP contribution in [0.1, 0.15) is 37.0 Å². The molecule has 0 aliphatic rings. The molecule has 0 unspecified atom stereocenters. The van der Waals surface area contributed by atoms with Crippen molar-refractivity contribution in [2.45, 2.75) is 33.0 Å². The number of hydrogen-bond donors (Lipinski definition) is 2. The summed E-state index contributed by atoms with van der Waals surface area (Å²) < 4.78 is 10.9. The second kappa shape index (κ2) is 9.28. The van der Waals surface area contributed by atoms with Gasteiger partial charge in [0.1, 0.15) is 0 Å². The van der Waals surface area contributed by atoms with Gasteiger partial charge in [0.15, 0.2) is 6.29 Å². The predicted molar refractivity (Wildman–Crippen MR) is 77.3 cm³/mol. The van der Waals surface area contributed by atoms with Crippen LogP contribution in [0.5, 0.6) is 0 Å². The summed E-state index contributed by atoms with van der Waals surface area (Å²) in [6.45, 7) is 5.66. The van der Waals surface area contributed by atoms with E-state index in [0.717, 1.165) is 12.8 Å². The van der Waals surface area contributed by atoms with E-state index in [9.17, 15) is 4.79 Å². The molecule has 112 valence electrons. The Balaban J connectivity index is 2.28. The molecule has 0 atom stereocenters. The zero-order valence-corrected chi connectivity index (χ0v) is 12.1. The molecule has 1 aromatic heterocycles. The van der Waals surface area contributed by atoms with Crippen molar-refractivity contribution in [2.24, 2.45) is 0 Å². The summed E-state index contributed by atoms with van der Waals surface area (Å²) in [4.78, 5) is 15.7. The van der Waals surface area contributed by atoms with Crippen molar-refractivity contribution in [3.05, 3.63) is 24.0 Å². The standard InChI is InChI=1S/C14H23N3O3/c1-3-19-13(20-4-2)6-5-7-17-14(18)11-8-12(15)10-16-9-11/h8-10,13H,3-7,15H2,1-2H3,(H,17,18). The lowest BCUT2D eigenvalue weighted by Gasteiger charge is -2.16. The zero-order valence-electron chi connectivity index (χ0n) is 12.1. The summed E-state index contributed by atoms with van der Waals surface area (Å²) in [5.41, 5.74) is 6.53. The van der Waals surface area contributed by atoms with E-state index in [-0.39, 0.29) is 12.2 Å². The third-order valence-corrected chi connectivity index (χ3v) is 2.63. The van der Waals surface area contributed by atoms with Gasteiger partial charge in [-0.2, -0.15) is 0 Å². The van der Waals surface area contributed by atoms with E-state index in [1.54, 1.807) is 6.07 Å². The van der Waals surface area contributed by atoms with E-state index in [2.05, 4.69) is 10.3 Å². The summed E-state index contributed by atoms with van der Waals surface area (Å²) in [5, 5.41) is 2.82. The number of carbonyl (C=O) groups excluding carboxylic acids is 1. The first-order chi connectivity index (χ1) is 9.67. The van der Waals surface area contributed by atoms with Gasteiger partial charge in [-0.1, -0.05) is 0 Å². The number of amides is 1. The van der Waals surface area contributed by atoms with Crippen LogP contribution in [0.3, 0.4) is 0 Å². The van der Waals surface area contributed by atoms with E-state index in [1.807, 2.05) is 13.8 Å². The second-order valence-electron chi connectivity index (χ2n) is 4.25. The third kappa shape index (κ3) is 5.99. The van der Waals surface area contributed by atoms with Gasteiger partial charge in [-0.15, -0.1) is 0 Å². The Labute approximate surface area is 119 Å². The first-order valence-electron chi connectivity index (χ1n) is 6.89. The molecule has 0 bridgehead atoms. The van der Waals surface area contributed by atoms with Crippen molar-refractivity contribution < 1.29 is 14.3 Å². The minimum Gasteiger partial charge on any atom is -0.397 e. The minimum absolute atomic E-state index is 0.172. The molecule has 0 fully saturated rings. The molecule has 1 rings (SSSR count). The number of carbonyl (C=O) groups is 1. The summed E-state index contributed by atoms with van der Waals surface area (Å²) in [7, 11) is 0. The van der Waals surface area contributed by atoms with E-state index in [1.165, 1.54) is 12.4 Å². The number of hydrogen-bond acceptors (Lipinski definition) is 5. The molecule has 1 heterocycles. The number of nitrogen functional groups attached to an aromatic ring is 1. The Morgan fingerprint density at radius 1 is 1.35 bits per heavy atom. The molecule has 0 spiro atoms. The summed E-state index contributed by atoms with van der Waals surface area (Å²) >= 11 is 0. The molecule has 1 amide bonds. The Hall–Kier alpha value is -1.66. The quantitative estimate of drug-likeness (QED) is 0.530. The van der Waals surface area contributed by atoms with E-state index in [4.69, 9.17) is 15.2 Å². The second-order valence-corrected chi connectivity index (χ2v) is 4.25. The van der Waals surface area contributed by atoms with Gasteiger partial charge in [-0.25, -0.2) is 0 Å².